The van der Waals surface area contributed by atoms with Crippen molar-refractivity contribution in [1.29, 1.82) is 0 Å². The molecule has 1 saturated heterocycles. The van der Waals surface area contributed by atoms with E-state index in [0.29, 0.717) is 12.8 Å². The van der Waals surface area contributed by atoms with Crippen LogP contribution in [-0.4, -0.2) is 59.1 Å². The fraction of sp³-hybridized carbons (Fsp3) is 0.765. The van der Waals surface area contributed by atoms with E-state index in [9.17, 15) is 24.3 Å². The molecule has 2 saturated carbocycles. The van der Waals surface area contributed by atoms with Gasteiger partial charge >= 0.3 is 11.9 Å². The van der Waals surface area contributed by atoms with Crippen LogP contribution in [0.2, 0.25) is 0 Å². The molecule has 0 aromatic carbocycles. The summed E-state index contributed by atoms with van der Waals surface area (Å²) in [6.45, 7) is 16.9. The van der Waals surface area contributed by atoms with Crippen LogP contribution in [0.25, 0.3) is 0 Å². The van der Waals surface area contributed by atoms with Gasteiger partial charge in [0.2, 0.25) is 0 Å². The molecule has 1 heterocycles. The zero-order valence-electron chi connectivity index (χ0n) is 26.6. The average Bonchev–Trinajstić information content (AvgIpc) is 3.13. The highest BCUT2D eigenvalue weighted by molar-refractivity contribution is 5.98. The van der Waals surface area contributed by atoms with Crippen molar-refractivity contribution in [2.75, 3.05) is 6.61 Å². The summed E-state index contributed by atoms with van der Waals surface area (Å²) in [7, 11) is 0. The first-order valence-electron chi connectivity index (χ1n) is 15.5. The van der Waals surface area contributed by atoms with Gasteiger partial charge in [-0.1, -0.05) is 46.3 Å². The van der Waals surface area contributed by atoms with Gasteiger partial charge in [0.15, 0.2) is 11.6 Å². The fourth-order valence-electron chi connectivity index (χ4n) is 10.3. The smallest absolute Gasteiger partial charge is 0.302 e. The molecule has 0 unspecified atom stereocenters. The maximum absolute atomic E-state index is 14.1. The highest BCUT2D eigenvalue weighted by Crippen LogP contribution is 2.72. The molecule has 0 aromatic heterocycles. The predicted octanol–water partition coefficient (Wildman–Crippen LogP) is 4.77. The van der Waals surface area contributed by atoms with Gasteiger partial charge in [0, 0.05) is 30.6 Å². The third kappa shape index (κ3) is 4.45. The second-order valence-electron chi connectivity index (χ2n) is 15.5. The highest BCUT2D eigenvalue weighted by atomic mass is 16.6. The quantitative estimate of drug-likeness (QED) is 0.470. The Morgan fingerprint density at radius 2 is 1.64 bits per heavy atom. The summed E-state index contributed by atoms with van der Waals surface area (Å²) in [5, 5.41) is 10.7. The molecule has 4 aliphatic carbocycles. The highest BCUT2D eigenvalue weighted by Gasteiger charge is 2.70. The maximum atomic E-state index is 14.1. The lowest BCUT2D eigenvalue weighted by molar-refractivity contribution is -0.205. The normalized spacial score (nSPS) is 44.4. The molecule has 8 nitrogen and oxygen atoms in total. The molecular formula is C34H48O8. The van der Waals surface area contributed by atoms with Gasteiger partial charge in [-0.3, -0.25) is 19.2 Å². The second-order valence-corrected chi connectivity index (χ2v) is 15.5. The van der Waals surface area contributed by atoms with Crippen molar-refractivity contribution in [1.82, 2.24) is 0 Å². The number of hydrogen-bond donors (Lipinski definition) is 1. The SMILES string of the molecule is CC(=O)O[C@@H]1C[C@@H]([C@H]2C(=O)C=C3[C@@]4(C)[C@H](CC[C@]32C)[C@@]2(C)C=CC(=O)C(C)(C)[C@H]2C[C@H]4OC(C)=O)CO[C@H]1C(C)(C)O. The van der Waals surface area contributed by atoms with Crippen LogP contribution in [0.3, 0.4) is 0 Å². The number of aliphatic hydroxyl groups is 1. The van der Waals surface area contributed by atoms with E-state index in [0.717, 1.165) is 18.4 Å². The fourth-order valence-corrected chi connectivity index (χ4v) is 10.3. The van der Waals surface area contributed by atoms with Gasteiger partial charge in [-0.15, -0.1) is 0 Å². The number of fused-ring (bicyclic) bond motifs is 5. The van der Waals surface area contributed by atoms with Crippen molar-refractivity contribution in [3.05, 3.63) is 23.8 Å². The van der Waals surface area contributed by atoms with Gasteiger partial charge in [-0.05, 0) is 80.3 Å². The van der Waals surface area contributed by atoms with Gasteiger partial charge in [-0.25, -0.2) is 0 Å². The van der Waals surface area contributed by atoms with Crippen LogP contribution in [0.4, 0.5) is 0 Å². The number of ether oxygens (including phenoxy) is 3. The largest absolute Gasteiger partial charge is 0.462 e. The van der Waals surface area contributed by atoms with Gasteiger partial charge in [-0.2, -0.15) is 0 Å². The van der Waals surface area contributed by atoms with Gasteiger partial charge in [0.25, 0.3) is 0 Å². The van der Waals surface area contributed by atoms with Gasteiger partial charge in [0.1, 0.15) is 18.3 Å². The molecule has 5 aliphatic rings. The molecule has 3 fully saturated rings. The number of carbonyl (C=O) groups excluding carboxylic acids is 4. The Kier molecular flexibility index (Phi) is 7.30. The van der Waals surface area contributed by atoms with E-state index < -0.39 is 52.0 Å². The molecule has 1 aliphatic heterocycles. The molecule has 8 heteroatoms. The van der Waals surface area contributed by atoms with Crippen LogP contribution >= 0.6 is 0 Å². The molecule has 0 aromatic rings. The number of allylic oxidation sites excluding steroid dienone is 3. The maximum Gasteiger partial charge on any atom is 0.302 e. The van der Waals surface area contributed by atoms with Gasteiger partial charge < -0.3 is 19.3 Å². The minimum atomic E-state index is -1.22. The number of rotatable bonds is 4. The van der Waals surface area contributed by atoms with E-state index in [1.54, 1.807) is 19.9 Å². The third-order valence-corrected chi connectivity index (χ3v) is 12.0. The Hall–Kier alpha value is -2.32. The molecule has 0 radical (unpaired) electrons. The third-order valence-electron chi connectivity index (χ3n) is 12.0. The Bertz CT molecular complexity index is 1250. The first-order chi connectivity index (χ1) is 19.3. The van der Waals surface area contributed by atoms with Crippen molar-refractivity contribution < 1.29 is 38.5 Å². The first kappa shape index (κ1) is 31.1. The number of ketones is 2. The zero-order valence-corrected chi connectivity index (χ0v) is 26.6. The van der Waals surface area contributed by atoms with E-state index >= 15 is 0 Å². The number of carbonyl (C=O) groups is 4. The lowest BCUT2D eigenvalue weighted by Crippen LogP contribution is -2.64. The molecular weight excluding hydrogens is 536 g/mol. The summed E-state index contributed by atoms with van der Waals surface area (Å²) in [6, 6.07) is 0. The van der Waals surface area contributed by atoms with E-state index in [2.05, 4.69) is 26.8 Å². The Morgan fingerprint density at radius 3 is 2.24 bits per heavy atom. The van der Waals surface area contributed by atoms with Crippen molar-refractivity contribution in [2.45, 2.75) is 112 Å². The molecule has 42 heavy (non-hydrogen) atoms. The van der Waals surface area contributed by atoms with Crippen molar-refractivity contribution >= 4 is 23.5 Å². The summed E-state index contributed by atoms with van der Waals surface area (Å²) in [6.07, 6.45) is 6.29. The van der Waals surface area contributed by atoms with E-state index in [4.69, 9.17) is 14.2 Å². The minimum absolute atomic E-state index is 0.0159. The van der Waals surface area contributed by atoms with Crippen molar-refractivity contribution in [3.8, 4) is 0 Å². The van der Waals surface area contributed by atoms with E-state index in [1.807, 2.05) is 19.9 Å². The predicted molar refractivity (Wildman–Crippen MR) is 155 cm³/mol. The topological polar surface area (TPSA) is 116 Å². The Balaban J connectivity index is 1.54. The summed E-state index contributed by atoms with van der Waals surface area (Å²) in [4.78, 5) is 51.6. The van der Waals surface area contributed by atoms with Crippen LogP contribution < -0.4 is 0 Å². The Labute approximate surface area is 249 Å². The van der Waals surface area contributed by atoms with Crippen LogP contribution in [0, 0.1) is 45.3 Å². The number of hydrogen-bond acceptors (Lipinski definition) is 8. The van der Waals surface area contributed by atoms with Crippen molar-refractivity contribution in [3.63, 3.8) is 0 Å². The summed E-state index contributed by atoms with van der Waals surface area (Å²) in [5.41, 5.74) is -2.25. The minimum Gasteiger partial charge on any atom is -0.462 e. The monoisotopic (exact) mass is 584 g/mol. The summed E-state index contributed by atoms with van der Waals surface area (Å²) < 4.78 is 17.9. The summed E-state index contributed by atoms with van der Waals surface area (Å²) in [5.74, 6) is -1.28. The van der Waals surface area contributed by atoms with Crippen LogP contribution in [0.1, 0.15) is 88.0 Å². The lowest BCUT2D eigenvalue weighted by atomic mass is 9.38. The number of esters is 2. The molecule has 5 rings (SSSR count). The first-order valence-corrected chi connectivity index (χ1v) is 15.5. The van der Waals surface area contributed by atoms with Gasteiger partial charge in [0.05, 0.1) is 12.2 Å². The van der Waals surface area contributed by atoms with E-state index in [-0.39, 0.29) is 47.3 Å². The molecule has 0 amide bonds. The standard InChI is InChI=1S/C34H48O8/c1-18(35)41-22-14-20(17-40-29(22)31(5,6)39)28-21(37)15-25-33(28,8)12-10-23-32(7)13-11-26(38)30(3,4)24(32)16-27(34(23,25)9)42-19(2)36/h11,13,15,20,22-24,27-29,39H,10,12,14,16-17H2,1-9H3/t20-,22-,23-,24-,27-,28+,29-,32-,33-,34-/m1/s1. The Morgan fingerprint density at radius 1 is 1.00 bits per heavy atom. The molecule has 10 atom stereocenters. The summed E-state index contributed by atoms with van der Waals surface area (Å²) >= 11 is 0. The van der Waals surface area contributed by atoms with Crippen LogP contribution in [-0.2, 0) is 33.4 Å². The van der Waals surface area contributed by atoms with Crippen LogP contribution in [0.5, 0.6) is 0 Å². The molecule has 0 spiro atoms. The lowest BCUT2D eigenvalue weighted by Gasteiger charge is -2.66. The molecule has 0 bridgehead atoms. The molecule has 232 valence electrons. The van der Waals surface area contributed by atoms with E-state index in [1.165, 1.54) is 13.8 Å². The van der Waals surface area contributed by atoms with Crippen LogP contribution in [0.15, 0.2) is 23.8 Å². The second kappa shape index (κ2) is 9.85. The van der Waals surface area contributed by atoms with Crippen molar-refractivity contribution in [2.24, 2.45) is 45.3 Å². The zero-order chi connectivity index (χ0) is 31.2. The molecule has 1 N–H and O–H groups in total. The average molecular weight is 585 g/mol.